The van der Waals surface area contributed by atoms with Crippen LogP contribution in [0.25, 0.3) is 0 Å². The molecule has 0 saturated heterocycles. The van der Waals surface area contributed by atoms with Crippen molar-refractivity contribution >= 4 is 24.0 Å². The molecule has 1 aromatic rings. The topological polar surface area (TPSA) is 142 Å². The highest BCUT2D eigenvalue weighted by atomic mass is 16.2. The van der Waals surface area contributed by atoms with Crippen molar-refractivity contribution in [1.82, 2.24) is 25.5 Å². The van der Waals surface area contributed by atoms with Crippen molar-refractivity contribution in [3.63, 3.8) is 0 Å². The molecule has 0 spiro atoms. The van der Waals surface area contributed by atoms with Crippen molar-refractivity contribution in [3.05, 3.63) is 22.4 Å². The molecule has 0 saturated carbocycles. The van der Waals surface area contributed by atoms with E-state index in [1.54, 1.807) is 7.05 Å². The highest BCUT2D eigenvalue weighted by Gasteiger charge is 2.21. The first kappa shape index (κ1) is 21.1. The molecule has 0 aliphatic carbocycles. The first-order valence-electron chi connectivity index (χ1n) is 8.24. The van der Waals surface area contributed by atoms with Gasteiger partial charge in [-0.25, -0.2) is 4.79 Å². The Kier molecular flexibility index (Phi) is 8.26. The summed E-state index contributed by atoms with van der Waals surface area (Å²) in [5, 5.41) is 7.38. The summed E-state index contributed by atoms with van der Waals surface area (Å²) in [6, 6.07) is -0.787. The van der Waals surface area contributed by atoms with E-state index in [4.69, 9.17) is 0 Å². The summed E-state index contributed by atoms with van der Waals surface area (Å²) in [6.45, 7) is 3.36. The molecule has 10 nitrogen and oxygen atoms in total. The highest BCUT2D eigenvalue weighted by Crippen LogP contribution is 2.04. The summed E-state index contributed by atoms with van der Waals surface area (Å²) in [6.07, 6.45) is 2.38. The standard InChI is InChI=1S/C16H25N5O5/c1-10(2)6-12(15(25)17-4-5-22)20-14(24)8-18-13(23)7-11-9-21(3)16(26)19-11/h5,9-10,12H,4,6-8H2,1-3H3,(H,17,25)(H,18,23)(H,19,26)(H,20,24)/t12-/m0/s1. The van der Waals surface area contributed by atoms with Gasteiger partial charge >= 0.3 is 5.69 Å². The van der Waals surface area contributed by atoms with E-state index in [0.29, 0.717) is 18.4 Å². The maximum atomic E-state index is 12.0. The van der Waals surface area contributed by atoms with Crippen LogP contribution in [0.2, 0.25) is 0 Å². The van der Waals surface area contributed by atoms with Crippen LogP contribution >= 0.6 is 0 Å². The molecule has 10 heteroatoms. The van der Waals surface area contributed by atoms with Crippen molar-refractivity contribution in [2.75, 3.05) is 13.1 Å². The number of aromatic amines is 1. The smallest absolute Gasteiger partial charge is 0.325 e. The summed E-state index contributed by atoms with van der Waals surface area (Å²) in [5.41, 5.74) is 0.102. The largest absolute Gasteiger partial charge is 0.348 e. The number of nitrogens with one attached hydrogen (secondary N) is 4. The minimum absolute atomic E-state index is 0.0708. The van der Waals surface area contributed by atoms with Crippen molar-refractivity contribution in [2.45, 2.75) is 32.7 Å². The quantitative estimate of drug-likeness (QED) is 0.362. The van der Waals surface area contributed by atoms with E-state index in [1.165, 1.54) is 10.8 Å². The molecule has 0 aliphatic rings. The highest BCUT2D eigenvalue weighted by molar-refractivity contribution is 5.90. The molecule has 1 atom stereocenters. The minimum Gasteiger partial charge on any atom is -0.348 e. The van der Waals surface area contributed by atoms with Gasteiger partial charge in [0.25, 0.3) is 0 Å². The molecule has 0 bridgehead atoms. The van der Waals surface area contributed by atoms with E-state index in [2.05, 4.69) is 20.9 Å². The fraction of sp³-hybridized carbons (Fsp3) is 0.562. The third-order valence-electron chi connectivity index (χ3n) is 3.45. The number of amides is 3. The summed E-state index contributed by atoms with van der Waals surface area (Å²) < 4.78 is 1.31. The van der Waals surface area contributed by atoms with Crippen LogP contribution in [-0.2, 0) is 32.6 Å². The molecule has 0 fully saturated rings. The first-order chi connectivity index (χ1) is 12.2. The molecule has 0 radical (unpaired) electrons. The lowest BCUT2D eigenvalue weighted by atomic mass is 10.0. The normalized spacial score (nSPS) is 11.7. The fourth-order valence-electron chi connectivity index (χ4n) is 2.27. The molecular formula is C16H25N5O5. The number of hydrogen-bond acceptors (Lipinski definition) is 5. The second kappa shape index (κ2) is 10.2. The van der Waals surface area contributed by atoms with Gasteiger partial charge in [0.2, 0.25) is 17.7 Å². The van der Waals surface area contributed by atoms with Crippen LogP contribution in [0.3, 0.4) is 0 Å². The van der Waals surface area contributed by atoms with Gasteiger partial charge < -0.3 is 30.3 Å². The van der Waals surface area contributed by atoms with E-state index in [0.717, 1.165) is 0 Å². The predicted molar refractivity (Wildman–Crippen MR) is 93.2 cm³/mol. The second-order valence-electron chi connectivity index (χ2n) is 6.31. The Morgan fingerprint density at radius 3 is 2.46 bits per heavy atom. The number of aldehydes is 1. The monoisotopic (exact) mass is 367 g/mol. The Morgan fingerprint density at radius 1 is 1.23 bits per heavy atom. The van der Waals surface area contributed by atoms with Gasteiger partial charge in [0.15, 0.2) is 0 Å². The molecule has 26 heavy (non-hydrogen) atoms. The Bertz CT molecular complexity index is 706. The zero-order chi connectivity index (χ0) is 19.7. The Morgan fingerprint density at radius 2 is 1.92 bits per heavy atom. The number of nitrogens with zero attached hydrogens (tertiary/aromatic N) is 1. The lowest BCUT2D eigenvalue weighted by Crippen LogP contribution is -2.50. The lowest BCUT2D eigenvalue weighted by molar-refractivity contribution is -0.130. The molecule has 4 N–H and O–H groups in total. The Labute approximate surface area is 150 Å². The lowest BCUT2D eigenvalue weighted by Gasteiger charge is -2.19. The number of aryl methyl sites for hydroxylation is 1. The molecule has 0 aliphatic heterocycles. The molecule has 144 valence electrons. The van der Waals surface area contributed by atoms with Crippen molar-refractivity contribution in [3.8, 4) is 0 Å². The van der Waals surface area contributed by atoms with Crippen molar-refractivity contribution in [2.24, 2.45) is 13.0 Å². The number of carbonyl (C=O) groups excluding carboxylic acids is 4. The van der Waals surface area contributed by atoms with Gasteiger partial charge in [-0.2, -0.15) is 0 Å². The SMILES string of the molecule is CC(C)C[C@H](NC(=O)CNC(=O)Cc1cn(C)c(=O)[nH]1)C(=O)NCC=O. The molecule has 1 rings (SSSR count). The van der Waals surface area contributed by atoms with Gasteiger partial charge in [0.1, 0.15) is 12.3 Å². The zero-order valence-electron chi connectivity index (χ0n) is 15.1. The maximum absolute atomic E-state index is 12.0. The summed E-state index contributed by atoms with van der Waals surface area (Å²) in [4.78, 5) is 60.0. The van der Waals surface area contributed by atoms with E-state index < -0.39 is 23.8 Å². The minimum atomic E-state index is -0.787. The molecule has 1 heterocycles. The average Bonchev–Trinajstić information content (AvgIpc) is 2.87. The van der Waals surface area contributed by atoms with Crippen LogP contribution in [0.15, 0.2) is 11.0 Å². The number of H-pyrrole nitrogens is 1. The second-order valence-corrected chi connectivity index (χ2v) is 6.31. The molecule has 0 unspecified atom stereocenters. The van der Waals surface area contributed by atoms with Gasteiger partial charge in [0.05, 0.1) is 19.5 Å². The average molecular weight is 367 g/mol. The van der Waals surface area contributed by atoms with Crippen LogP contribution in [0.4, 0.5) is 0 Å². The third kappa shape index (κ3) is 7.32. The first-order valence-corrected chi connectivity index (χ1v) is 8.24. The maximum Gasteiger partial charge on any atom is 0.325 e. The molecule has 3 amide bonds. The van der Waals surface area contributed by atoms with Gasteiger partial charge in [-0.1, -0.05) is 13.8 Å². The van der Waals surface area contributed by atoms with Crippen LogP contribution in [0.5, 0.6) is 0 Å². The van der Waals surface area contributed by atoms with E-state index in [1.807, 2.05) is 13.8 Å². The number of carbonyl (C=O) groups is 4. The third-order valence-corrected chi connectivity index (χ3v) is 3.45. The number of hydrogen-bond donors (Lipinski definition) is 4. The molecule has 0 aromatic carbocycles. The van der Waals surface area contributed by atoms with Gasteiger partial charge in [-0.05, 0) is 12.3 Å². The van der Waals surface area contributed by atoms with Gasteiger partial charge in [-0.15, -0.1) is 0 Å². The predicted octanol–water partition coefficient (Wildman–Crippen LogP) is -1.78. The summed E-state index contributed by atoms with van der Waals surface area (Å²) >= 11 is 0. The number of imidazole rings is 1. The zero-order valence-corrected chi connectivity index (χ0v) is 15.1. The van der Waals surface area contributed by atoms with E-state index in [-0.39, 0.29) is 31.1 Å². The van der Waals surface area contributed by atoms with E-state index >= 15 is 0 Å². The molecule has 1 aromatic heterocycles. The number of aromatic nitrogens is 2. The van der Waals surface area contributed by atoms with Crippen LogP contribution < -0.4 is 21.6 Å². The Hall–Kier alpha value is -2.91. The van der Waals surface area contributed by atoms with Crippen LogP contribution in [0, 0.1) is 5.92 Å². The van der Waals surface area contributed by atoms with Crippen LogP contribution in [-0.4, -0.2) is 52.7 Å². The van der Waals surface area contributed by atoms with Crippen molar-refractivity contribution in [1.29, 1.82) is 0 Å². The van der Waals surface area contributed by atoms with E-state index in [9.17, 15) is 24.0 Å². The summed E-state index contributed by atoms with van der Waals surface area (Å²) in [7, 11) is 1.55. The number of rotatable bonds is 10. The van der Waals surface area contributed by atoms with Gasteiger partial charge in [0, 0.05) is 18.9 Å². The fourth-order valence-corrected chi connectivity index (χ4v) is 2.27. The van der Waals surface area contributed by atoms with Gasteiger partial charge in [-0.3, -0.25) is 14.4 Å². The summed E-state index contributed by atoms with van der Waals surface area (Å²) in [5.74, 6) is -1.27. The Balaban J connectivity index is 2.50. The van der Waals surface area contributed by atoms with Crippen molar-refractivity contribution < 1.29 is 19.2 Å². The van der Waals surface area contributed by atoms with Crippen LogP contribution in [0.1, 0.15) is 26.0 Å². The molecular weight excluding hydrogens is 342 g/mol.